The van der Waals surface area contributed by atoms with Crippen LogP contribution in [0.5, 0.6) is 5.75 Å². The molecule has 1 aliphatic rings. The van der Waals surface area contributed by atoms with E-state index < -0.39 is 11.7 Å². The number of piperidine rings is 1. The number of carbonyl (C=O) groups excluding carboxylic acids is 1. The maximum absolute atomic E-state index is 12.7. The van der Waals surface area contributed by atoms with Gasteiger partial charge >= 0.3 is 11.9 Å². The summed E-state index contributed by atoms with van der Waals surface area (Å²) in [5.74, 6) is 0.462. The van der Waals surface area contributed by atoms with Crippen LogP contribution in [0.25, 0.3) is 11.0 Å². The summed E-state index contributed by atoms with van der Waals surface area (Å²) in [5, 5.41) is 0. The topological polar surface area (TPSA) is 67.3 Å². The van der Waals surface area contributed by atoms with E-state index in [1.54, 1.807) is 22.6 Å². The number of halogens is 3. The van der Waals surface area contributed by atoms with E-state index in [0.29, 0.717) is 42.8 Å². The number of benzene rings is 2. The monoisotopic (exact) mass is 433 g/mol. The molecule has 6 nitrogen and oxygen atoms in total. The van der Waals surface area contributed by atoms with Crippen molar-refractivity contribution in [2.24, 2.45) is 0 Å². The second-order valence-corrected chi connectivity index (χ2v) is 7.64. The summed E-state index contributed by atoms with van der Waals surface area (Å²) in [7, 11) is 1.55. The first-order chi connectivity index (χ1) is 14.8. The Morgan fingerprint density at radius 1 is 1.13 bits per heavy atom. The number of alkyl halides is 3. The average Bonchev–Trinajstić information content (AvgIpc) is 3.09. The first-order valence-electron chi connectivity index (χ1n) is 9.99. The van der Waals surface area contributed by atoms with Crippen LogP contribution < -0.4 is 10.4 Å². The van der Waals surface area contributed by atoms with E-state index in [0.717, 1.165) is 17.6 Å². The first kappa shape index (κ1) is 21.0. The molecule has 1 N–H and O–H groups in total. The Hall–Kier alpha value is -3.23. The molecule has 1 aliphatic heterocycles. The van der Waals surface area contributed by atoms with Crippen LogP contribution in [0.15, 0.2) is 47.3 Å². The number of H-pyrrole nitrogens is 1. The predicted octanol–water partition coefficient (Wildman–Crippen LogP) is 3.76. The molecule has 2 heterocycles. The fourth-order valence-corrected chi connectivity index (χ4v) is 4.13. The number of carbonyl (C=O) groups is 1. The van der Waals surface area contributed by atoms with Crippen LogP contribution in [0.4, 0.5) is 13.2 Å². The standard InChI is InChI=1S/C22H22F3N3O3/c1-31-18-4-2-3-17-20(18)26-21(30)28(17)16-9-11-27(12-10-16)19(29)13-14-5-7-15(8-6-14)22(23,24)25/h2-8,16H,9-13H2,1H3,(H,26,30). The molecular formula is C22H22F3N3O3. The van der Waals surface area contributed by atoms with Crippen molar-refractivity contribution in [3.05, 3.63) is 64.1 Å². The highest BCUT2D eigenvalue weighted by Gasteiger charge is 2.30. The molecule has 0 aliphatic carbocycles. The number of nitrogens with one attached hydrogen (secondary N) is 1. The van der Waals surface area contributed by atoms with Gasteiger partial charge in [-0.05, 0) is 42.7 Å². The zero-order chi connectivity index (χ0) is 22.2. The minimum absolute atomic E-state index is 0.0486. The summed E-state index contributed by atoms with van der Waals surface area (Å²) in [6.07, 6.45) is -3.12. The van der Waals surface area contributed by atoms with Crippen LogP contribution in [-0.4, -0.2) is 40.6 Å². The minimum atomic E-state index is -4.39. The number of ether oxygens (including phenoxy) is 1. The molecule has 3 aromatic rings. The Kier molecular flexibility index (Phi) is 5.51. The number of hydrogen-bond donors (Lipinski definition) is 1. The Morgan fingerprint density at radius 3 is 2.42 bits per heavy atom. The van der Waals surface area contributed by atoms with Gasteiger partial charge < -0.3 is 14.6 Å². The number of imidazole rings is 1. The normalized spacial score (nSPS) is 15.4. The first-order valence-corrected chi connectivity index (χ1v) is 9.99. The third-order valence-electron chi connectivity index (χ3n) is 5.75. The van der Waals surface area contributed by atoms with Gasteiger partial charge in [0.1, 0.15) is 11.3 Å². The molecule has 1 saturated heterocycles. The van der Waals surface area contributed by atoms with Crippen LogP contribution in [0, 0.1) is 0 Å². The molecule has 31 heavy (non-hydrogen) atoms. The Morgan fingerprint density at radius 2 is 1.81 bits per heavy atom. The molecule has 0 radical (unpaired) electrons. The molecule has 1 fully saturated rings. The molecule has 4 rings (SSSR count). The van der Waals surface area contributed by atoms with Gasteiger partial charge in [0.25, 0.3) is 0 Å². The van der Waals surface area contributed by atoms with Gasteiger partial charge in [0.05, 0.1) is 24.6 Å². The predicted molar refractivity (Wildman–Crippen MR) is 109 cm³/mol. The van der Waals surface area contributed by atoms with Crippen LogP contribution >= 0.6 is 0 Å². The van der Waals surface area contributed by atoms with Crippen molar-refractivity contribution >= 4 is 16.9 Å². The van der Waals surface area contributed by atoms with Crippen molar-refractivity contribution in [3.63, 3.8) is 0 Å². The molecule has 1 aromatic heterocycles. The lowest BCUT2D eigenvalue weighted by Crippen LogP contribution is -2.41. The number of para-hydroxylation sites is 1. The Labute approximate surface area is 176 Å². The van der Waals surface area contributed by atoms with Crippen molar-refractivity contribution in [1.29, 1.82) is 0 Å². The van der Waals surface area contributed by atoms with Gasteiger partial charge in [-0.15, -0.1) is 0 Å². The van der Waals surface area contributed by atoms with Crippen LogP contribution in [0.2, 0.25) is 0 Å². The maximum atomic E-state index is 12.7. The highest BCUT2D eigenvalue weighted by Crippen LogP contribution is 2.30. The number of nitrogens with zero attached hydrogens (tertiary/aromatic N) is 2. The molecule has 0 unspecified atom stereocenters. The number of fused-ring (bicyclic) bond motifs is 1. The van der Waals surface area contributed by atoms with Gasteiger partial charge in [-0.2, -0.15) is 13.2 Å². The van der Waals surface area contributed by atoms with E-state index in [-0.39, 0.29) is 24.1 Å². The van der Waals surface area contributed by atoms with Gasteiger partial charge in [0, 0.05) is 19.1 Å². The van der Waals surface area contributed by atoms with E-state index in [2.05, 4.69) is 4.98 Å². The van der Waals surface area contributed by atoms with Gasteiger partial charge in [-0.1, -0.05) is 18.2 Å². The smallest absolute Gasteiger partial charge is 0.416 e. The summed E-state index contributed by atoms with van der Waals surface area (Å²) < 4.78 is 45.1. The molecule has 2 aromatic carbocycles. The van der Waals surface area contributed by atoms with Crippen LogP contribution in [-0.2, 0) is 17.4 Å². The molecule has 0 atom stereocenters. The average molecular weight is 433 g/mol. The van der Waals surface area contributed by atoms with E-state index in [9.17, 15) is 22.8 Å². The van der Waals surface area contributed by atoms with Crippen molar-refractivity contribution in [2.45, 2.75) is 31.5 Å². The third kappa shape index (κ3) is 4.17. The molecule has 9 heteroatoms. The van der Waals surface area contributed by atoms with Gasteiger partial charge in [0.15, 0.2) is 0 Å². The lowest BCUT2D eigenvalue weighted by atomic mass is 10.0. The van der Waals surface area contributed by atoms with Gasteiger partial charge in [-0.3, -0.25) is 9.36 Å². The van der Waals surface area contributed by atoms with Crippen LogP contribution in [0.1, 0.15) is 30.0 Å². The van der Waals surface area contributed by atoms with Crippen molar-refractivity contribution in [2.75, 3.05) is 20.2 Å². The van der Waals surface area contributed by atoms with Gasteiger partial charge in [0.2, 0.25) is 5.91 Å². The molecular weight excluding hydrogens is 411 g/mol. The summed E-state index contributed by atoms with van der Waals surface area (Å²) in [6, 6.07) is 10.1. The molecule has 0 saturated carbocycles. The van der Waals surface area contributed by atoms with E-state index in [1.165, 1.54) is 12.1 Å². The van der Waals surface area contributed by atoms with Crippen molar-refractivity contribution in [3.8, 4) is 5.75 Å². The largest absolute Gasteiger partial charge is 0.494 e. The summed E-state index contributed by atoms with van der Waals surface area (Å²) in [4.78, 5) is 29.7. The minimum Gasteiger partial charge on any atom is -0.494 e. The van der Waals surface area contributed by atoms with E-state index >= 15 is 0 Å². The second kappa shape index (κ2) is 8.13. The lowest BCUT2D eigenvalue weighted by molar-refractivity contribution is -0.137. The maximum Gasteiger partial charge on any atom is 0.416 e. The number of amides is 1. The highest BCUT2D eigenvalue weighted by atomic mass is 19.4. The van der Waals surface area contributed by atoms with E-state index in [1.807, 2.05) is 12.1 Å². The number of likely N-dealkylation sites (tertiary alicyclic amines) is 1. The summed E-state index contributed by atoms with van der Waals surface area (Å²) in [5.41, 5.74) is 1.01. The molecule has 0 bridgehead atoms. The lowest BCUT2D eigenvalue weighted by Gasteiger charge is -2.32. The fraction of sp³-hybridized carbons (Fsp3) is 0.364. The molecule has 0 spiro atoms. The highest BCUT2D eigenvalue weighted by molar-refractivity contribution is 5.82. The zero-order valence-electron chi connectivity index (χ0n) is 16.9. The zero-order valence-corrected chi connectivity index (χ0v) is 16.9. The van der Waals surface area contributed by atoms with Crippen molar-refractivity contribution in [1.82, 2.24) is 14.5 Å². The molecule has 164 valence electrons. The second-order valence-electron chi connectivity index (χ2n) is 7.64. The number of methoxy groups -OCH3 is 1. The van der Waals surface area contributed by atoms with Crippen LogP contribution in [0.3, 0.4) is 0 Å². The SMILES string of the molecule is COc1cccc2c1[nH]c(=O)n2C1CCN(C(=O)Cc2ccc(C(F)(F)F)cc2)CC1. The number of rotatable bonds is 4. The number of hydrogen-bond acceptors (Lipinski definition) is 3. The number of aromatic amines is 1. The number of aromatic nitrogens is 2. The van der Waals surface area contributed by atoms with Gasteiger partial charge in [-0.25, -0.2) is 4.79 Å². The fourth-order valence-electron chi connectivity index (χ4n) is 4.13. The summed E-state index contributed by atoms with van der Waals surface area (Å²) in [6.45, 7) is 0.959. The Bertz CT molecular complexity index is 1140. The van der Waals surface area contributed by atoms with Crippen molar-refractivity contribution < 1.29 is 22.7 Å². The summed E-state index contributed by atoms with van der Waals surface area (Å²) >= 11 is 0. The third-order valence-corrected chi connectivity index (χ3v) is 5.75. The van der Waals surface area contributed by atoms with E-state index in [4.69, 9.17) is 4.74 Å². The molecule has 1 amide bonds. The quantitative estimate of drug-likeness (QED) is 0.681. The Balaban J connectivity index is 1.42.